The van der Waals surface area contributed by atoms with Crippen molar-refractivity contribution in [3.63, 3.8) is 0 Å². The Labute approximate surface area is 101 Å². The van der Waals surface area contributed by atoms with Crippen molar-refractivity contribution in [3.8, 4) is 17.8 Å². The number of nitriles is 1. The summed E-state index contributed by atoms with van der Waals surface area (Å²) >= 11 is 5.59. The minimum absolute atomic E-state index is 0.0565. The van der Waals surface area contributed by atoms with Gasteiger partial charge in [0.15, 0.2) is 11.6 Å². The SMILES string of the molecule is N#Cc1ccnc(Oc2cccc(Cl)c2F)n1. The number of nitrogens with zero attached hydrogens (tertiary/aromatic N) is 3. The van der Waals surface area contributed by atoms with E-state index in [0.717, 1.165) is 0 Å². The van der Waals surface area contributed by atoms with Crippen LogP contribution in [-0.2, 0) is 0 Å². The summed E-state index contributed by atoms with van der Waals surface area (Å²) in [5, 5.41) is 8.58. The fourth-order valence-corrected chi connectivity index (χ4v) is 1.28. The number of benzene rings is 1. The molecule has 0 atom stereocenters. The van der Waals surface area contributed by atoms with Gasteiger partial charge in [0.1, 0.15) is 11.8 Å². The number of ether oxygens (including phenoxy) is 1. The molecule has 0 saturated heterocycles. The molecule has 6 heteroatoms. The molecule has 0 unspecified atom stereocenters. The maximum absolute atomic E-state index is 13.5. The molecule has 0 spiro atoms. The van der Waals surface area contributed by atoms with Gasteiger partial charge >= 0.3 is 6.01 Å². The summed E-state index contributed by atoms with van der Waals surface area (Å²) in [7, 11) is 0. The zero-order valence-corrected chi connectivity index (χ0v) is 9.15. The Bertz CT molecular complexity index is 598. The van der Waals surface area contributed by atoms with Gasteiger partial charge in [-0.25, -0.2) is 9.37 Å². The molecule has 2 aromatic rings. The van der Waals surface area contributed by atoms with E-state index in [9.17, 15) is 4.39 Å². The summed E-state index contributed by atoms with van der Waals surface area (Å²) in [5.41, 5.74) is 0.137. The highest BCUT2D eigenvalue weighted by atomic mass is 35.5. The van der Waals surface area contributed by atoms with Gasteiger partial charge in [0.05, 0.1) is 5.02 Å². The smallest absolute Gasteiger partial charge is 0.323 e. The van der Waals surface area contributed by atoms with Crippen molar-refractivity contribution in [2.45, 2.75) is 0 Å². The summed E-state index contributed by atoms with van der Waals surface area (Å²) in [6, 6.07) is 7.47. The molecule has 0 aliphatic rings. The van der Waals surface area contributed by atoms with E-state index in [1.807, 2.05) is 6.07 Å². The van der Waals surface area contributed by atoms with Crippen LogP contribution in [0.1, 0.15) is 5.69 Å². The van der Waals surface area contributed by atoms with Gasteiger partial charge in [-0.1, -0.05) is 17.7 Å². The molecule has 1 heterocycles. The third-order valence-corrected chi connectivity index (χ3v) is 2.16. The maximum atomic E-state index is 13.5. The van der Waals surface area contributed by atoms with E-state index in [2.05, 4.69) is 9.97 Å². The normalized spacial score (nSPS) is 9.71. The van der Waals surface area contributed by atoms with Crippen LogP contribution in [0.3, 0.4) is 0 Å². The summed E-state index contributed by atoms with van der Waals surface area (Å²) in [6.07, 6.45) is 1.35. The molecule has 1 aromatic carbocycles. The van der Waals surface area contributed by atoms with Crippen LogP contribution in [0, 0.1) is 17.1 Å². The Hall–Kier alpha value is -2.19. The first-order valence-electron chi connectivity index (χ1n) is 4.55. The molecule has 2 rings (SSSR count). The fourth-order valence-electron chi connectivity index (χ4n) is 1.11. The second-order valence-corrected chi connectivity index (χ2v) is 3.40. The summed E-state index contributed by atoms with van der Waals surface area (Å²) in [4.78, 5) is 7.51. The van der Waals surface area contributed by atoms with E-state index >= 15 is 0 Å². The average Bonchev–Trinajstić information content (AvgIpc) is 2.35. The molecule has 0 radical (unpaired) electrons. The van der Waals surface area contributed by atoms with Gasteiger partial charge in [0.2, 0.25) is 0 Å². The van der Waals surface area contributed by atoms with Gasteiger partial charge in [-0.2, -0.15) is 10.2 Å². The van der Waals surface area contributed by atoms with Crippen molar-refractivity contribution in [3.05, 3.63) is 47.0 Å². The molecule has 0 N–H and O–H groups in total. The maximum Gasteiger partial charge on any atom is 0.323 e. The van der Waals surface area contributed by atoms with Gasteiger partial charge in [-0.05, 0) is 18.2 Å². The molecule has 0 bridgehead atoms. The molecule has 4 nitrogen and oxygen atoms in total. The van der Waals surface area contributed by atoms with Crippen LogP contribution in [-0.4, -0.2) is 9.97 Å². The molecule has 84 valence electrons. The monoisotopic (exact) mass is 249 g/mol. The first kappa shape index (κ1) is 11.3. The Morgan fingerprint density at radius 3 is 2.94 bits per heavy atom. The lowest BCUT2D eigenvalue weighted by Crippen LogP contribution is -1.95. The molecule has 17 heavy (non-hydrogen) atoms. The topological polar surface area (TPSA) is 58.8 Å². The summed E-state index contributed by atoms with van der Waals surface area (Å²) < 4.78 is 18.6. The molecule has 0 fully saturated rings. The molecule has 0 aliphatic heterocycles. The first-order chi connectivity index (χ1) is 8.20. The molecule has 0 saturated carbocycles. The molecule has 1 aromatic heterocycles. The van der Waals surface area contributed by atoms with Crippen LogP contribution < -0.4 is 4.74 Å². The predicted molar refractivity (Wildman–Crippen MR) is 58.2 cm³/mol. The van der Waals surface area contributed by atoms with E-state index < -0.39 is 5.82 Å². The Balaban J connectivity index is 2.32. The van der Waals surface area contributed by atoms with Gasteiger partial charge < -0.3 is 4.74 Å². The van der Waals surface area contributed by atoms with Crippen molar-refractivity contribution in [2.24, 2.45) is 0 Å². The largest absolute Gasteiger partial charge is 0.421 e. The minimum atomic E-state index is -0.694. The van der Waals surface area contributed by atoms with Crippen molar-refractivity contribution in [1.29, 1.82) is 5.26 Å². The second-order valence-electron chi connectivity index (χ2n) is 2.99. The highest BCUT2D eigenvalue weighted by Gasteiger charge is 2.10. The van der Waals surface area contributed by atoms with E-state index in [-0.39, 0.29) is 22.5 Å². The minimum Gasteiger partial charge on any atom is -0.421 e. The van der Waals surface area contributed by atoms with Gasteiger partial charge in [-0.15, -0.1) is 0 Å². The van der Waals surface area contributed by atoms with Crippen molar-refractivity contribution >= 4 is 11.6 Å². The number of rotatable bonds is 2. The third-order valence-electron chi connectivity index (χ3n) is 1.87. The third kappa shape index (κ3) is 2.49. The zero-order valence-electron chi connectivity index (χ0n) is 8.39. The number of aromatic nitrogens is 2. The predicted octanol–water partition coefficient (Wildman–Crippen LogP) is 2.93. The number of hydrogen-bond acceptors (Lipinski definition) is 4. The molecular formula is C11H5ClFN3O. The highest BCUT2D eigenvalue weighted by Crippen LogP contribution is 2.26. The highest BCUT2D eigenvalue weighted by molar-refractivity contribution is 6.30. The van der Waals surface area contributed by atoms with Crippen LogP contribution in [0.5, 0.6) is 11.8 Å². The lowest BCUT2D eigenvalue weighted by Gasteiger charge is -2.05. The first-order valence-corrected chi connectivity index (χ1v) is 4.93. The average molecular weight is 250 g/mol. The van der Waals surface area contributed by atoms with Crippen LogP contribution in [0.2, 0.25) is 5.02 Å². The van der Waals surface area contributed by atoms with Gasteiger partial charge in [-0.3, -0.25) is 0 Å². The van der Waals surface area contributed by atoms with Crippen molar-refractivity contribution in [2.75, 3.05) is 0 Å². The van der Waals surface area contributed by atoms with E-state index in [1.54, 1.807) is 0 Å². The standard InChI is InChI=1S/C11H5ClFN3O/c12-8-2-1-3-9(10(8)13)17-11-15-5-4-7(6-14)16-11/h1-5H. The molecule has 0 aliphatic carbocycles. The number of hydrogen-bond donors (Lipinski definition) is 0. The second kappa shape index (κ2) is 4.76. The number of halogens is 2. The van der Waals surface area contributed by atoms with E-state index in [4.69, 9.17) is 21.6 Å². The van der Waals surface area contributed by atoms with Crippen molar-refractivity contribution < 1.29 is 9.13 Å². The Morgan fingerprint density at radius 1 is 1.35 bits per heavy atom. The Morgan fingerprint density at radius 2 is 2.18 bits per heavy atom. The van der Waals surface area contributed by atoms with E-state index in [0.29, 0.717) is 0 Å². The lowest BCUT2D eigenvalue weighted by molar-refractivity contribution is 0.410. The molecular weight excluding hydrogens is 245 g/mol. The quantitative estimate of drug-likeness (QED) is 0.821. The van der Waals surface area contributed by atoms with Crippen molar-refractivity contribution in [1.82, 2.24) is 9.97 Å². The lowest BCUT2D eigenvalue weighted by atomic mass is 10.3. The molecule has 0 amide bonds. The summed E-state index contributed by atoms with van der Waals surface area (Å²) in [6.45, 7) is 0. The Kier molecular flexibility index (Phi) is 3.17. The zero-order chi connectivity index (χ0) is 12.3. The van der Waals surface area contributed by atoms with Crippen LogP contribution >= 0.6 is 11.6 Å². The summed E-state index contributed by atoms with van der Waals surface area (Å²) in [5.74, 6) is -0.785. The van der Waals surface area contributed by atoms with Crippen LogP contribution in [0.25, 0.3) is 0 Å². The van der Waals surface area contributed by atoms with Gasteiger partial charge in [0.25, 0.3) is 0 Å². The van der Waals surface area contributed by atoms with Gasteiger partial charge in [0, 0.05) is 6.20 Å². The van der Waals surface area contributed by atoms with Crippen LogP contribution in [0.15, 0.2) is 30.5 Å². The fraction of sp³-hybridized carbons (Fsp3) is 0. The van der Waals surface area contributed by atoms with Crippen LogP contribution in [0.4, 0.5) is 4.39 Å². The van der Waals surface area contributed by atoms with E-state index in [1.165, 1.54) is 30.5 Å².